The van der Waals surface area contributed by atoms with E-state index in [0.717, 1.165) is 19.5 Å². The van der Waals surface area contributed by atoms with Crippen molar-refractivity contribution in [2.24, 2.45) is 5.92 Å². The van der Waals surface area contributed by atoms with Gasteiger partial charge in [0, 0.05) is 18.6 Å². The summed E-state index contributed by atoms with van der Waals surface area (Å²) in [4.78, 5) is 13.9. The van der Waals surface area contributed by atoms with Crippen LogP contribution in [0.1, 0.15) is 20.3 Å². The summed E-state index contributed by atoms with van der Waals surface area (Å²) in [6, 6.07) is 0.757. The molecule has 1 fully saturated rings. The molecule has 0 spiro atoms. The number of piperidine rings is 1. The zero-order valence-electron chi connectivity index (χ0n) is 10.1. The van der Waals surface area contributed by atoms with E-state index in [-0.39, 0.29) is 17.9 Å². The molecule has 0 aliphatic carbocycles. The lowest BCUT2D eigenvalue weighted by Gasteiger charge is -2.39. The Hall–Kier alpha value is -0.610. The third-order valence-corrected chi connectivity index (χ3v) is 3.25. The van der Waals surface area contributed by atoms with Crippen LogP contribution in [0, 0.1) is 5.92 Å². The van der Waals surface area contributed by atoms with Gasteiger partial charge in [0.15, 0.2) is 0 Å². The van der Waals surface area contributed by atoms with E-state index in [2.05, 4.69) is 24.1 Å². The molecule has 88 valence electrons. The van der Waals surface area contributed by atoms with Gasteiger partial charge in [0.1, 0.15) is 0 Å². The second-order valence-corrected chi connectivity index (χ2v) is 4.40. The van der Waals surface area contributed by atoms with Gasteiger partial charge < -0.3 is 10.1 Å². The van der Waals surface area contributed by atoms with Gasteiger partial charge in [0.25, 0.3) is 0 Å². The summed E-state index contributed by atoms with van der Waals surface area (Å²) < 4.78 is 4.82. The van der Waals surface area contributed by atoms with Crippen LogP contribution in [0.25, 0.3) is 0 Å². The minimum atomic E-state index is -0.0854. The van der Waals surface area contributed by atoms with Crippen LogP contribution in [-0.2, 0) is 9.53 Å². The van der Waals surface area contributed by atoms with Gasteiger partial charge in [0.2, 0.25) is 0 Å². The van der Waals surface area contributed by atoms with Crippen molar-refractivity contribution >= 4 is 5.97 Å². The molecule has 0 amide bonds. The molecule has 4 heteroatoms. The highest BCUT2D eigenvalue weighted by Crippen LogP contribution is 2.20. The number of methoxy groups -OCH3 is 1. The van der Waals surface area contributed by atoms with E-state index in [9.17, 15) is 4.79 Å². The van der Waals surface area contributed by atoms with Crippen LogP contribution in [-0.4, -0.2) is 50.2 Å². The summed E-state index contributed by atoms with van der Waals surface area (Å²) in [5.41, 5.74) is 0. The maximum absolute atomic E-state index is 11.5. The first-order chi connectivity index (χ1) is 7.10. The van der Waals surface area contributed by atoms with Gasteiger partial charge >= 0.3 is 5.97 Å². The summed E-state index contributed by atoms with van der Waals surface area (Å²) in [5.74, 6) is -0.0762. The molecule has 0 aromatic carbocycles. The molecule has 0 radical (unpaired) electrons. The Morgan fingerprint density at radius 3 is 2.67 bits per heavy atom. The largest absolute Gasteiger partial charge is 0.469 e. The van der Waals surface area contributed by atoms with E-state index >= 15 is 0 Å². The van der Waals surface area contributed by atoms with Crippen LogP contribution in [0.4, 0.5) is 0 Å². The number of nitrogens with zero attached hydrogens (tertiary/aromatic N) is 1. The molecule has 1 aliphatic rings. The topological polar surface area (TPSA) is 41.6 Å². The number of ether oxygens (including phenoxy) is 1. The monoisotopic (exact) mass is 214 g/mol. The molecule has 1 N–H and O–H groups in total. The van der Waals surface area contributed by atoms with Crippen LogP contribution in [0.2, 0.25) is 0 Å². The molecule has 1 heterocycles. The summed E-state index contributed by atoms with van der Waals surface area (Å²) in [6.45, 7) is 6.28. The molecule has 2 unspecified atom stereocenters. The molecule has 0 bridgehead atoms. The number of carbonyl (C=O) groups excluding carboxylic acids is 1. The summed E-state index contributed by atoms with van der Waals surface area (Å²) in [6.07, 6.45) is 0.885. The Morgan fingerprint density at radius 2 is 2.20 bits per heavy atom. The van der Waals surface area contributed by atoms with Crippen LogP contribution in [0.15, 0.2) is 0 Å². The molecule has 1 rings (SSSR count). The van der Waals surface area contributed by atoms with Crippen molar-refractivity contribution in [1.82, 2.24) is 10.2 Å². The number of nitrogens with one attached hydrogen (secondary N) is 1. The summed E-state index contributed by atoms with van der Waals surface area (Å²) in [7, 11) is 3.37. The lowest BCUT2D eigenvalue weighted by molar-refractivity contribution is -0.148. The van der Waals surface area contributed by atoms with Crippen molar-refractivity contribution in [3.05, 3.63) is 0 Å². The maximum atomic E-state index is 11.5. The SMILES string of the molecule is CNC1CN(C(C)C)CCC1C(=O)OC. The number of likely N-dealkylation sites (N-methyl/N-ethyl adjacent to an activating group) is 1. The number of likely N-dealkylation sites (tertiary alicyclic amines) is 1. The van der Waals surface area contributed by atoms with Gasteiger partial charge in [-0.15, -0.1) is 0 Å². The van der Waals surface area contributed by atoms with E-state index in [0.29, 0.717) is 6.04 Å². The van der Waals surface area contributed by atoms with Crippen molar-refractivity contribution in [2.45, 2.75) is 32.4 Å². The lowest BCUT2D eigenvalue weighted by Crippen LogP contribution is -2.54. The molecule has 2 atom stereocenters. The molecule has 0 aromatic heterocycles. The lowest BCUT2D eigenvalue weighted by atomic mass is 9.91. The minimum absolute atomic E-state index is 0.00926. The van der Waals surface area contributed by atoms with Crippen LogP contribution < -0.4 is 5.32 Å². The highest BCUT2D eigenvalue weighted by molar-refractivity contribution is 5.73. The zero-order chi connectivity index (χ0) is 11.4. The normalized spacial score (nSPS) is 28.1. The van der Waals surface area contributed by atoms with Crippen LogP contribution in [0.3, 0.4) is 0 Å². The van der Waals surface area contributed by atoms with E-state index in [4.69, 9.17) is 4.74 Å². The number of hydrogen-bond donors (Lipinski definition) is 1. The van der Waals surface area contributed by atoms with Crippen molar-refractivity contribution in [1.29, 1.82) is 0 Å². The summed E-state index contributed by atoms with van der Waals surface area (Å²) in [5, 5.41) is 3.21. The maximum Gasteiger partial charge on any atom is 0.310 e. The van der Waals surface area contributed by atoms with Crippen LogP contribution in [0.5, 0.6) is 0 Å². The van der Waals surface area contributed by atoms with Gasteiger partial charge in [-0.05, 0) is 33.9 Å². The third-order valence-electron chi connectivity index (χ3n) is 3.25. The predicted molar refractivity (Wildman–Crippen MR) is 59.7 cm³/mol. The predicted octanol–water partition coefficient (Wildman–Crippen LogP) is 0.478. The fourth-order valence-electron chi connectivity index (χ4n) is 2.17. The summed E-state index contributed by atoms with van der Waals surface area (Å²) >= 11 is 0. The second kappa shape index (κ2) is 5.47. The average Bonchev–Trinajstić information content (AvgIpc) is 2.27. The molecule has 1 aliphatic heterocycles. The van der Waals surface area contributed by atoms with E-state index in [1.54, 1.807) is 0 Å². The van der Waals surface area contributed by atoms with Gasteiger partial charge in [-0.2, -0.15) is 0 Å². The Morgan fingerprint density at radius 1 is 1.53 bits per heavy atom. The first-order valence-corrected chi connectivity index (χ1v) is 5.59. The Kier molecular flexibility index (Phi) is 4.54. The Labute approximate surface area is 92.0 Å². The molecule has 0 aromatic rings. The first-order valence-electron chi connectivity index (χ1n) is 5.59. The third kappa shape index (κ3) is 2.92. The Bertz CT molecular complexity index is 219. The highest BCUT2D eigenvalue weighted by atomic mass is 16.5. The van der Waals surface area contributed by atoms with Gasteiger partial charge in [-0.3, -0.25) is 9.69 Å². The number of esters is 1. The molecule has 4 nitrogen and oxygen atoms in total. The van der Waals surface area contributed by atoms with E-state index < -0.39 is 0 Å². The second-order valence-electron chi connectivity index (χ2n) is 4.40. The van der Waals surface area contributed by atoms with E-state index in [1.165, 1.54) is 7.11 Å². The first kappa shape index (κ1) is 12.5. The smallest absolute Gasteiger partial charge is 0.310 e. The Balaban J connectivity index is 2.60. The minimum Gasteiger partial charge on any atom is -0.469 e. The molecule has 15 heavy (non-hydrogen) atoms. The zero-order valence-corrected chi connectivity index (χ0v) is 10.1. The fraction of sp³-hybridized carbons (Fsp3) is 0.909. The molecular weight excluding hydrogens is 192 g/mol. The van der Waals surface area contributed by atoms with Crippen molar-refractivity contribution in [3.8, 4) is 0 Å². The standard InChI is InChI=1S/C11H22N2O2/c1-8(2)13-6-5-9(11(14)15-4)10(7-13)12-3/h8-10,12H,5-7H2,1-4H3. The van der Waals surface area contributed by atoms with Crippen molar-refractivity contribution in [2.75, 3.05) is 27.2 Å². The van der Waals surface area contributed by atoms with Crippen molar-refractivity contribution in [3.63, 3.8) is 0 Å². The van der Waals surface area contributed by atoms with Crippen LogP contribution >= 0.6 is 0 Å². The molecule has 0 saturated carbocycles. The van der Waals surface area contributed by atoms with E-state index in [1.807, 2.05) is 7.05 Å². The van der Waals surface area contributed by atoms with Crippen molar-refractivity contribution < 1.29 is 9.53 Å². The number of carbonyl (C=O) groups is 1. The fourth-order valence-corrected chi connectivity index (χ4v) is 2.17. The molecular formula is C11H22N2O2. The quantitative estimate of drug-likeness (QED) is 0.694. The number of rotatable bonds is 3. The molecule has 1 saturated heterocycles. The van der Waals surface area contributed by atoms with Gasteiger partial charge in [0.05, 0.1) is 13.0 Å². The average molecular weight is 214 g/mol. The van der Waals surface area contributed by atoms with Gasteiger partial charge in [-0.1, -0.05) is 0 Å². The van der Waals surface area contributed by atoms with Gasteiger partial charge in [-0.25, -0.2) is 0 Å². The number of hydrogen-bond acceptors (Lipinski definition) is 4. The highest BCUT2D eigenvalue weighted by Gasteiger charge is 2.34.